The van der Waals surface area contributed by atoms with E-state index < -0.39 is 11.9 Å². The fourth-order valence-electron chi connectivity index (χ4n) is 2.21. The monoisotopic (exact) mass is 260 g/mol. The van der Waals surface area contributed by atoms with E-state index in [-0.39, 0.29) is 17.9 Å². The summed E-state index contributed by atoms with van der Waals surface area (Å²) in [6, 6.07) is 5.66. The molecular weight excluding hydrogens is 247 g/mol. The number of hydrogen-bond acceptors (Lipinski definition) is 4. The van der Waals surface area contributed by atoms with Gasteiger partial charge in [-0.25, -0.2) is 4.39 Å². The Balaban J connectivity index is 1.90. The lowest BCUT2D eigenvalue weighted by Gasteiger charge is -2.17. The van der Waals surface area contributed by atoms with Crippen molar-refractivity contribution in [3.05, 3.63) is 53.6 Å². The molecule has 0 amide bonds. The molecule has 5 heteroatoms. The summed E-state index contributed by atoms with van der Waals surface area (Å²) in [6.07, 6.45) is 3.37. The van der Waals surface area contributed by atoms with Crippen LogP contribution in [0.4, 0.5) is 4.39 Å². The third kappa shape index (κ3) is 2.24. The average Bonchev–Trinajstić information content (AvgIpc) is 2.62. The fourth-order valence-corrected chi connectivity index (χ4v) is 2.21. The van der Waals surface area contributed by atoms with Gasteiger partial charge in [-0.1, -0.05) is 6.07 Å². The number of rotatable bonds is 1. The molecular formula is C14H13FN2O2. The summed E-state index contributed by atoms with van der Waals surface area (Å²) in [6.45, 7) is 0.771. The average molecular weight is 260 g/mol. The third-order valence-corrected chi connectivity index (χ3v) is 3.18. The molecule has 0 bridgehead atoms. The highest BCUT2D eigenvalue weighted by Crippen LogP contribution is 2.30. The number of fused-ring (bicyclic) bond motifs is 1. The highest BCUT2D eigenvalue weighted by Gasteiger charge is 2.23. The lowest BCUT2D eigenvalue weighted by atomic mass is 10.1. The van der Waals surface area contributed by atoms with Crippen molar-refractivity contribution in [1.29, 1.82) is 0 Å². The molecule has 0 saturated heterocycles. The van der Waals surface area contributed by atoms with Crippen molar-refractivity contribution in [2.24, 2.45) is 0 Å². The molecule has 2 N–H and O–H groups in total. The predicted molar refractivity (Wildman–Crippen MR) is 67.4 cm³/mol. The first-order valence-electron chi connectivity index (χ1n) is 6.02. The van der Waals surface area contributed by atoms with Gasteiger partial charge in [0.15, 0.2) is 0 Å². The van der Waals surface area contributed by atoms with Gasteiger partial charge in [-0.05, 0) is 18.2 Å². The molecule has 1 aromatic heterocycles. The van der Waals surface area contributed by atoms with Crippen molar-refractivity contribution in [3.63, 3.8) is 0 Å². The minimum absolute atomic E-state index is 0.0646. The van der Waals surface area contributed by atoms with Crippen LogP contribution in [0.3, 0.4) is 0 Å². The van der Waals surface area contributed by atoms with E-state index in [1.807, 2.05) is 0 Å². The Kier molecular flexibility index (Phi) is 3.05. The van der Waals surface area contributed by atoms with Crippen LogP contribution in [0.1, 0.15) is 17.2 Å². The molecule has 0 fully saturated rings. The smallest absolute Gasteiger partial charge is 0.131 e. The molecule has 3 rings (SSSR count). The SMILES string of the molecule is Oc1cccc(F)c1C1COc2ccncc2CN1. The molecule has 2 heterocycles. The summed E-state index contributed by atoms with van der Waals surface area (Å²) in [5.74, 6) is 0.233. The number of halogens is 1. The Morgan fingerprint density at radius 2 is 2.26 bits per heavy atom. The van der Waals surface area contributed by atoms with Crippen LogP contribution >= 0.6 is 0 Å². The van der Waals surface area contributed by atoms with Crippen molar-refractivity contribution in [2.45, 2.75) is 12.6 Å². The number of benzene rings is 1. The maximum Gasteiger partial charge on any atom is 0.131 e. The first-order valence-corrected chi connectivity index (χ1v) is 6.02. The molecule has 2 aromatic rings. The number of hydrogen-bond donors (Lipinski definition) is 2. The largest absolute Gasteiger partial charge is 0.507 e. The van der Waals surface area contributed by atoms with Crippen molar-refractivity contribution >= 4 is 0 Å². The molecule has 1 atom stereocenters. The van der Waals surface area contributed by atoms with Crippen LogP contribution in [0.25, 0.3) is 0 Å². The minimum atomic E-state index is -0.440. The summed E-state index contributed by atoms with van der Waals surface area (Å²) in [7, 11) is 0. The van der Waals surface area contributed by atoms with E-state index in [0.717, 1.165) is 11.3 Å². The van der Waals surface area contributed by atoms with Crippen LogP contribution in [0.5, 0.6) is 11.5 Å². The second-order valence-electron chi connectivity index (χ2n) is 4.40. The first kappa shape index (κ1) is 11.9. The lowest BCUT2D eigenvalue weighted by molar-refractivity contribution is 0.272. The van der Waals surface area contributed by atoms with Crippen LogP contribution in [0, 0.1) is 5.82 Å². The molecule has 0 aliphatic carbocycles. The van der Waals surface area contributed by atoms with E-state index in [4.69, 9.17) is 4.74 Å². The topological polar surface area (TPSA) is 54.4 Å². The highest BCUT2D eigenvalue weighted by atomic mass is 19.1. The molecule has 1 aliphatic heterocycles. The molecule has 1 unspecified atom stereocenters. The zero-order valence-electron chi connectivity index (χ0n) is 10.1. The minimum Gasteiger partial charge on any atom is -0.507 e. The van der Waals surface area contributed by atoms with E-state index in [0.29, 0.717) is 6.54 Å². The maximum atomic E-state index is 13.8. The summed E-state index contributed by atoms with van der Waals surface area (Å²) >= 11 is 0. The van der Waals surface area contributed by atoms with Crippen LogP contribution in [0.15, 0.2) is 36.7 Å². The molecule has 0 radical (unpaired) electrons. The van der Waals surface area contributed by atoms with Gasteiger partial charge in [-0.2, -0.15) is 0 Å². The molecule has 98 valence electrons. The predicted octanol–water partition coefficient (Wildman–Crippen LogP) is 2.15. The number of ether oxygens (including phenoxy) is 1. The number of aromatic hydroxyl groups is 1. The maximum absolute atomic E-state index is 13.8. The van der Waals surface area contributed by atoms with Crippen molar-refractivity contribution in [3.8, 4) is 11.5 Å². The molecule has 1 aromatic carbocycles. The number of nitrogens with one attached hydrogen (secondary N) is 1. The summed E-state index contributed by atoms with van der Waals surface area (Å²) in [5.41, 5.74) is 1.16. The van der Waals surface area contributed by atoms with Crippen LogP contribution in [-0.4, -0.2) is 16.7 Å². The lowest BCUT2D eigenvalue weighted by Crippen LogP contribution is -2.24. The number of pyridine rings is 1. The number of phenolic OH excluding ortho intramolecular Hbond substituents is 1. The van der Waals surface area contributed by atoms with Gasteiger partial charge in [0, 0.05) is 30.1 Å². The van der Waals surface area contributed by atoms with E-state index in [9.17, 15) is 9.50 Å². The van der Waals surface area contributed by atoms with Crippen LogP contribution in [-0.2, 0) is 6.54 Å². The van der Waals surface area contributed by atoms with Crippen molar-refractivity contribution in [2.75, 3.05) is 6.61 Å². The Labute approximate surface area is 109 Å². The molecule has 1 aliphatic rings. The molecule has 4 nitrogen and oxygen atoms in total. The zero-order chi connectivity index (χ0) is 13.2. The Bertz CT molecular complexity index is 556. The summed E-state index contributed by atoms with van der Waals surface area (Å²) in [4.78, 5) is 4.03. The van der Waals surface area contributed by atoms with Gasteiger partial charge in [0.2, 0.25) is 0 Å². The van der Waals surface area contributed by atoms with E-state index in [2.05, 4.69) is 10.3 Å². The van der Waals surface area contributed by atoms with E-state index >= 15 is 0 Å². The molecule has 0 spiro atoms. The van der Waals surface area contributed by atoms with Gasteiger partial charge in [0.05, 0.1) is 6.04 Å². The Hall–Kier alpha value is -2.14. The summed E-state index contributed by atoms with van der Waals surface area (Å²) < 4.78 is 19.5. The summed E-state index contributed by atoms with van der Waals surface area (Å²) in [5, 5.41) is 13.0. The van der Waals surface area contributed by atoms with Crippen molar-refractivity contribution < 1.29 is 14.2 Å². The number of aromatic nitrogens is 1. The van der Waals surface area contributed by atoms with Crippen molar-refractivity contribution in [1.82, 2.24) is 10.3 Å². The third-order valence-electron chi connectivity index (χ3n) is 3.18. The number of phenols is 1. The zero-order valence-corrected chi connectivity index (χ0v) is 10.1. The Morgan fingerprint density at radius 1 is 1.37 bits per heavy atom. The van der Waals surface area contributed by atoms with Crippen LogP contribution < -0.4 is 10.1 Å². The van der Waals surface area contributed by atoms with Gasteiger partial charge >= 0.3 is 0 Å². The second-order valence-corrected chi connectivity index (χ2v) is 4.40. The quantitative estimate of drug-likeness (QED) is 0.825. The standard InChI is InChI=1S/C14H13FN2O2/c15-10-2-1-3-12(18)14(10)11-8-19-13-4-5-16-6-9(13)7-17-11/h1-6,11,17-18H,7-8H2. The molecule has 19 heavy (non-hydrogen) atoms. The molecule has 0 saturated carbocycles. The van der Waals surface area contributed by atoms with Crippen LogP contribution in [0.2, 0.25) is 0 Å². The normalized spacial score (nSPS) is 18.3. The second kappa shape index (κ2) is 4.85. The van der Waals surface area contributed by atoms with Gasteiger partial charge in [-0.3, -0.25) is 4.98 Å². The number of nitrogens with zero attached hydrogens (tertiary/aromatic N) is 1. The van der Waals surface area contributed by atoms with E-state index in [1.165, 1.54) is 18.2 Å². The van der Waals surface area contributed by atoms with Gasteiger partial charge < -0.3 is 15.2 Å². The fraction of sp³-hybridized carbons (Fsp3) is 0.214. The highest BCUT2D eigenvalue weighted by molar-refractivity contribution is 5.38. The first-order chi connectivity index (χ1) is 9.25. The van der Waals surface area contributed by atoms with E-state index in [1.54, 1.807) is 18.5 Å². The van der Waals surface area contributed by atoms with Gasteiger partial charge in [-0.15, -0.1) is 0 Å². The van der Waals surface area contributed by atoms with Gasteiger partial charge in [0.25, 0.3) is 0 Å². The Morgan fingerprint density at radius 3 is 3.11 bits per heavy atom. The van der Waals surface area contributed by atoms with Gasteiger partial charge in [0.1, 0.15) is 23.9 Å².